The normalized spacial score (nSPS) is 18.4. The van der Waals surface area contributed by atoms with Crippen LogP contribution in [-0.4, -0.2) is 23.4 Å². The summed E-state index contributed by atoms with van der Waals surface area (Å²) in [4.78, 5) is 13.6. The SMILES string of the molecule is CC(C)C(C(C)C)N1CCCC1=O. The van der Waals surface area contributed by atoms with E-state index >= 15 is 0 Å². The number of amides is 1. The minimum Gasteiger partial charge on any atom is -0.339 e. The highest BCUT2D eigenvalue weighted by molar-refractivity contribution is 5.78. The third-order valence-electron chi connectivity index (χ3n) is 2.84. The molecule has 0 aromatic carbocycles. The fourth-order valence-corrected chi connectivity index (χ4v) is 2.47. The molecule has 0 N–H and O–H groups in total. The summed E-state index contributed by atoms with van der Waals surface area (Å²) in [5, 5.41) is 0. The lowest BCUT2D eigenvalue weighted by Gasteiger charge is -2.34. The molecule has 1 fully saturated rings. The van der Waals surface area contributed by atoms with Crippen LogP contribution in [0, 0.1) is 11.8 Å². The predicted octanol–water partition coefficient (Wildman–Crippen LogP) is 2.29. The summed E-state index contributed by atoms with van der Waals surface area (Å²) < 4.78 is 0. The van der Waals surface area contributed by atoms with Crippen LogP contribution in [0.2, 0.25) is 0 Å². The van der Waals surface area contributed by atoms with E-state index in [0.717, 1.165) is 19.4 Å². The van der Waals surface area contributed by atoms with E-state index in [2.05, 4.69) is 32.6 Å². The van der Waals surface area contributed by atoms with Crippen molar-refractivity contribution in [2.24, 2.45) is 11.8 Å². The lowest BCUT2D eigenvalue weighted by Crippen LogP contribution is -2.43. The second-order valence-electron chi connectivity index (χ2n) is 4.67. The smallest absolute Gasteiger partial charge is 0.222 e. The first-order valence-corrected chi connectivity index (χ1v) is 5.33. The van der Waals surface area contributed by atoms with E-state index in [4.69, 9.17) is 0 Å². The van der Waals surface area contributed by atoms with E-state index in [1.54, 1.807) is 0 Å². The van der Waals surface area contributed by atoms with E-state index in [-0.39, 0.29) is 0 Å². The van der Waals surface area contributed by atoms with Gasteiger partial charge in [0.05, 0.1) is 0 Å². The number of hydrogen-bond acceptors (Lipinski definition) is 1. The Hall–Kier alpha value is -0.530. The Balaban J connectivity index is 2.69. The molecule has 1 aliphatic rings. The molecule has 0 bridgehead atoms. The van der Waals surface area contributed by atoms with Crippen LogP contribution in [0.4, 0.5) is 0 Å². The highest BCUT2D eigenvalue weighted by atomic mass is 16.2. The molecule has 1 saturated heterocycles. The maximum Gasteiger partial charge on any atom is 0.222 e. The number of likely N-dealkylation sites (tertiary alicyclic amines) is 1. The van der Waals surface area contributed by atoms with Crippen molar-refractivity contribution in [1.82, 2.24) is 4.90 Å². The van der Waals surface area contributed by atoms with Crippen LogP contribution < -0.4 is 0 Å². The van der Waals surface area contributed by atoms with Gasteiger partial charge in [0.25, 0.3) is 0 Å². The van der Waals surface area contributed by atoms with Gasteiger partial charge in [0.1, 0.15) is 0 Å². The van der Waals surface area contributed by atoms with Gasteiger partial charge in [-0.3, -0.25) is 4.79 Å². The highest BCUT2D eigenvalue weighted by Crippen LogP contribution is 2.24. The summed E-state index contributed by atoms with van der Waals surface area (Å²) in [5.74, 6) is 1.50. The van der Waals surface area contributed by atoms with Crippen LogP contribution in [0.15, 0.2) is 0 Å². The number of carbonyl (C=O) groups excluding carboxylic acids is 1. The molecule has 1 rings (SSSR count). The van der Waals surface area contributed by atoms with Gasteiger partial charge >= 0.3 is 0 Å². The Bertz CT molecular complexity index is 179. The van der Waals surface area contributed by atoms with Crippen molar-refractivity contribution in [3.05, 3.63) is 0 Å². The van der Waals surface area contributed by atoms with E-state index < -0.39 is 0 Å². The van der Waals surface area contributed by atoms with Crippen LogP contribution >= 0.6 is 0 Å². The molecule has 0 saturated carbocycles. The fraction of sp³-hybridized carbons (Fsp3) is 0.909. The van der Waals surface area contributed by atoms with Crippen molar-refractivity contribution in [2.75, 3.05) is 6.54 Å². The molecule has 0 unspecified atom stereocenters. The Morgan fingerprint density at radius 3 is 2.00 bits per heavy atom. The molecule has 1 aliphatic heterocycles. The first-order chi connectivity index (χ1) is 6.04. The Labute approximate surface area is 81.3 Å². The molecule has 0 atom stereocenters. The molecular weight excluding hydrogens is 162 g/mol. The van der Waals surface area contributed by atoms with Crippen molar-refractivity contribution in [3.63, 3.8) is 0 Å². The largest absolute Gasteiger partial charge is 0.339 e. The Morgan fingerprint density at radius 2 is 1.69 bits per heavy atom. The zero-order chi connectivity index (χ0) is 10.0. The third kappa shape index (κ3) is 2.23. The van der Waals surface area contributed by atoms with Gasteiger partial charge in [0, 0.05) is 19.0 Å². The predicted molar refractivity (Wildman–Crippen MR) is 54.4 cm³/mol. The minimum absolute atomic E-state index is 0.354. The first kappa shape index (κ1) is 10.6. The quantitative estimate of drug-likeness (QED) is 0.657. The second-order valence-corrected chi connectivity index (χ2v) is 4.67. The van der Waals surface area contributed by atoms with Crippen LogP contribution in [0.25, 0.3) is 0 Å². The van der Waals surface area contributed by atoms with Gasteiger partial charge in [-0.2, -0.15) is 0 Å². The molecule has 1 amide bonds. The van der Waals surface area contributed by atoms with Crippen LogP contribution in [0.3, 0.4) is 0 Å². The van der Waals surface area contributed by atoms with Gasteiger partial charge in [-0.05, 0) is 18.3 Å². The van der Waals surface area contributed by atoms with Gasteiger partial charge in [-0.15, -0.1) is 0 Å². The van der Waals surface area contributed by atoms with Crippen LogP contribution in [0.1, 0.15) is 40.5 Å². The van der Waals surface area contributed by atoms with Gasteiger partial charge in [-0.25, -0.2) is 0 Å². The molecule has 1 heterocycles. The standard InChI is InChI=1S/C11H21NO/c1-8(2)11(9(3)4)12-7-5-6-10(12)13/h8-9,11H,5-7H2,1-4H3. The lowest BCUT2D eigenvalue weighted by atomic mass is 9.92. The van der Waals surface area contributed by atoms with E-state index in [0.29, 0.717) is 23.8 Å². The number of carbonyl (C=O) groups is 1. The highest BCUT2D eigenvalue weighted by Gasteiger charge is 2.31. The molecule has 0 aliphatic carbocycles. The van der Waals surface area contributed by atoms with Crippen LogP contribution in [-0.2, 0) is 4.79 Å². The number of nitrogens with zero attached hydrogens (tertiary/aromatic N) is 1. The van der Waals surface area contributed by atoms with Crippen molar-refractivity contribution < 1.29 is 4.79 Å². The van der Waals surface area contributed by atoms with Crippen LogP contribution in [0.5, 0.6) is 0 Å². The number of rotatable bonds is 3. The summed E-state index contributed by atoms with van der Waals surface area (Å²) >= 11 is 0. The van der Waals surface area contributed by atoms with Gasteiger partial charge in [0.2, 0.25) is 5.91 Å². The summed E-state index contributed by atoms with van der Waals surface area (Å²) in [6.07, 6.45) is 1.81. The second kappa shape index (κ2) is 4.12. The van der Waals surface area contributed by atoms with Crippen molar-refractivity contribution in [3.8, 4) is 0 Å². The Morgan fingerprint density at radius 1 is 1.15 bits per heavy atom. The minimum atomic E-state index is 0.354. The molecule has 0 aromatic rings. The third-order valence-corrected chi connectivity index (χ3v) is 2.84. The maximum atomic E-state index is 11.6. The monoisotopic (exact) mass is 183 g/mol. The van der Waals surface area contributed by atoms with Gasteiger partial charge in [0.15, 0.2) is 0 Å². The Kier molecular flexibility index (Phi) is 3.34. The molecule has 0 radical (unpaired) electrons. The van der Waals surface area contributed by atoms with E-state index in [1.165, 1.54) is 0 Å². The average Bonchev–Trinajstić information content (AvgIpc) is 2.35. The summed E-state index contributed by atoms with van der Waals surface area (Å²) in [7, 11) is 0. The molecule has 0 aromatic heterocycles. The average molecular weight is 183 g/mol. The topological polar surface area (TPSA) is 20.3 Å². The van der Waals surface area contributed by atoms with Crippen molar-refractivity contribution in [2.45, 2.75) is 46.6 Å². The zero-order valence-corrected chi connectivity index (χ0v) is 9.21. The maximum absolute atomic E-state index is 11.6. The molecular formula is C11H21NO. The molecule has 76 valence electrons. The van der Waals surface area contributed by atoms with Gasteiger partial charge < -0.3 is 4.90 Å². The first-order valence-electron chi connectivity index (χ1n) is 5.33. The molecule has 13 heavy (non-hydrogen) atoms. The van der Waals surface area contributed by atoms with Gasteiger partial charge in [-0.1, -0.05) is 27.7 Å². The van der Waals surface area contributed by atoms with Crippen molar-refractivity contribution in [1.29, 1.82) is 0 Å². The number of hydrogen-bond donors (Lipinski definition) is 0. The fourth-order valence-electron chi connectivity index (χ4n) is 2.47. The summed E-state index contributed by atoms with van der Waals surface area (Å²) in [6, 6.07) is 0.440. The van der Waals surface area contributed by atoms with E-state index in [1.807, 2.05) is 0 Å². The lowest BCUT2D eigenvalue weighted by molar-refractivity contribution is -0.131. The summed E-state index contributed by atoms with van der Waals surface area (Å²) in [5.41, 5.74) is 0. The van der Waals surface area contributed by atoms with E-state index in [9.17, 15) is 4.79 Å². The zero-order valence-electron chi connectivity index (χ0n) is 9.21. The summed E-state index contributed by atoms with van der Waals surface area (Å²) in [6.45, 7) is 9.79. The van der Waals surface area contributed by atoms with Crippen molar-refractivity contribution >= 4 is 5.91 Å². The molecule has 0 spiro atoms. The molecule has 2 nitrogen and oxygen atoms in total. The molecule has 2 heteroatoms.